The number of methoxy groups -OCH3 is 3. The lowest BCUT2D eigenvalue weighted by molar-refractivity contribution is 0.0472. The van der Waals surface area contributed by atoms with Gasteiger partial charge in [0.05, 0.1) is 37.1 Å². The zero-order chi connectivity index (χ0) is 24.6. The Kier molecular flexibility index (Phi) is 6.36. The quantitative estimate of drug-likeness (QED) is 0.482. The molecule has 0 fully saturated rings. The number of ether oxygens (including phenoxy) is 4. The lowest BCUT2D eigenvalue weighted by atomic mass is 10.0. The molecule has 0 atom stereocenters. The Morgan fingerprint density at radius 3 is 2.50 bits per heavy atom. The lowest BCUT2D eigenvalue weighted by Gasteiger charge is -2.17. The summed E-state index contributed by atoms with van der Waals surface area (Å²) in [5, 5.41) is 0. The van der Waals surface area contributed by atoms with Gasteiger partial charge in [-0.1, -0.05) is 0 Å². The second kappa shape index (κ2) is 9.11. The normalized spacial score (nSPS) is 14.3. The topological polar surface area (TPSA) is 113 Å². The highest BCUT2D eigenvalue weighted by Crippen LogP contribution is 2.40. The first-order valence-electron chi connectivity index (χ1n) is 9.66. The minimum atomic E-state index is -4.34. The van der Waals surface area contributed by atoms with Gasteiger partial charge in [0.2, 0.25) is 5.88 Å². The maximum absolute atomic E-state index is 15.1. The first-order chi connectivity index (χ1) is 16.2. The van der Waals surface area contributed by atoms with E-state index in [4.69, 9.17) is 18.9 Å². The number of nitrogens with zero attached hydrogens (tertiary/aromatic N) is 1. The number of fused-ring (bicyclic) bond motifs is 6. The van der Waals surface area contributed by atoms with Gasteiger partial charge >= 0.3 is 5.97 Å². The van der Waals surface area contributed by atoms with E-state index in [2.05, 4.69) is 25.6 Å². The zero-order valence-corrected chi connectivity index (χ0v) is 20.5. The number of pyridine rings is 1. The first-order valence-corrected chi connectivity index (χ1v) is 11.9. The molecule has 0 amide bonds. The number of anilines is 1. The van der Waals surface area contributed by atoms with Gasteiger partial charge in [-0.25, -0.2) is 22.6 Å². The van der Waals surface area contributed by atoms with E-state index in [1.54, 1.807) is 0 Å². The number of sulfonamides is 1. The number of esters is 1. The molecule has 0 unspecified atom stereocenters. The molecule has 1 aromatic heterocycles. The monoisotopic (exact) mass is 552 g/mol. The summed E-state index contributed by atoms with van der Waals surface area (Å²) in [6, 6.07) is 6.32. The van der Waals surface area contributed by atoms with Crippen LogP contribution in [-0.2, 0) is 21.4 Å². The largest absolute Gasteiger partial charge is 0.494 e. The summed E-state index contributed by atoms with van der Waals surface area (Å²) in [5.74, 6) is -1.39. The van der Waals surface area contributed by atoms with E-state index in [1.807, 2.05) is 0 Å². The number of nitrogens with one attached hydrogen (secondary N) is 1. The molecular weight excluding hydrogens is 535 g/mol. The van der Waals surface area contributed by atoms with Gasteiger partial charge in [-0.3, -0.25) is 4.72 Å². The van der Waals surface area contributed by atoms with Crippen LogP contribution in [0, 0.1) is 5.82 Å². The average Bonchev–Trinajstić information content (AvgIpc) is 2.82. The van der Waals surface area contributed by atoms with Gasteiger partial charge in [0.25, 0.3) is 10.0 Å². The van der Waals surface area contributed by atoms with Crippen molar-refractivity contribution < 1.29 is 36.6 Å². The van der Waals surface area contributed by atoms with Crippen LogP contribution in [0.5, 0.6) is 17.4 Å². The Morgan fingerprint density at radius 2 is 1.82 bits per heavy atom. The average molecular weight is 553 g/mol. The summed E-state index contributed by atoms with van der Waals surface area (Å²) in [5.41, 5.74) is 0.615. The van der Waals surface area contributed by atoms with E-state index in [1.165, 1.54) is 45.7 Å². The van der Waals surface area contributed by atoms with Gasteiger partial charge in [0, 0.05) is 29.5 Å². The van der Waals surface area contributed by atoms with E-state index in [0.29, 0.717) is 11.1 Å². The van der Waals surface area contributed by atoms with Crippen molar-refractivity contribution in [2.45, 2.75) is 11.5 Å². The molecule has 1 N–H and O–H groups in total. The summed E-state index contributed by atoms with van der Waals surface area (Å²) < 4.78 is 65.5. The second-order valence-electron chi connectivity index (χ2n) is 7.09. The maximum atomic E-state index is 15.1. The number of hydrogen-bond donors (Lipinski definition) is 1. The Labute approximate surface area is 203 Å². The van der Waals surface area contributed by atoms with Gasteiger partial charge in [0.15, 0.2) is 5.75 Å². The zero-order valence-electron chi connectivity index (χ0n) is 18.1. The van der Waals surface area contributed by atoms with Crippen molar-refractivity contribution in [2.24, 2.45) is 0 Å². The van der Waals surface area contributed by atoms with Crippen LogP contribution < -0.4 is 18.9 Å². The Morgan fingerprint density at radius 1 is 1.06 bits per heavy atom. The Balaban J connectivity index is 2.03. The molecule has 0 spiro atoms. The fourth-order valence-corrected chi connectivity index (χ4v) is 5.49. The standard InChI is InChI=1S/C22H18BrFN2O7S/c1-30-18-8-16(24)14-6-17(18)26-34(28,29)19-5-11(4-15(23)21(19)32-3)22(27)33-10-12-9-25-20(31-2)7-13(12)14/h4-9,26H,10H2,1-3H3. The molecule has 2 heterocycles. The highest BCUT2D eigenvalue weighted by molar-refractivity contribution is 9.10. The van der Waals surface area contributed by atoms with E-state index in [-0.39, 0.29) is 50.2 Å². The molecule has 0 saturated carbocycles. The van der Waals surface area contributed by atoms with Crippen LogP contribution in [0.1, 0.15) is 15.9 Å². The summed E-state index contributed by atoms with van der Waals surface area (Å²) >= 11 is 3.24. The molecule has 9 nitrogen and oxygen atoms in total. The maximum Gasteiger partial charge on any atom is 0.338 e. The molecule has 1 aliphatic heterocycles. The van der Waals surface area contributed by atoms with Crippen molar-refractivity contribution in [3.8, 4) is 28.5 Å². The molecule has 4 bridgehead atoms. The third-order valence-electron chi connectivity index (χ3n) is 5.09. The van der Waals surface area contributed by atoms with Crippen molar-refractivity contribution >= 4 is 37.6 Å². The van der Waals surface area contributed by atoms with Crippen LogP contribution in [0.4, 0.5) is 10.1 Å². The third-order valence-corrected chi connectivity index (χ3v) is 7.05. The lowest BCUT2D eigenvalue weighted by Crippen LogP contribution is -2.16. The summed E-state index contributed by atoms with van der Waals surface area (Å²) in [6.07, 6.45) is 1.39. The first kappa shape index (κ1) is 23.8. The van der Waals surface area contributed by atoms with Crippen LogP contribution in [0.25, 0.3) is 11.1 Å². The number of benzene rings is 2. The molecule has 1 aliphatic rings. The molecule has 0 aliphatic carbocycles. The number of cyclic esters (lactones) is 1. The second-order valence-corrected chi connectivity index (χ2v) is 9.59. The molecule has 2 aromatic carbocycles. The summed E-state index contributed by atoms with van der Waals surface area (Å²) in [4.78, 5) is 16.6. The fraction of sp³-hybridized carbons (Fsp3) is 0.182. The van der Waals surface area contributed by atoms with Crippen LogP contribution >= 0.6 is 15.9 Å². The molecule has 3 aromatic rings. The predicted molar refractivity (Wildman–Crippen MR) is 123 cm³/mol. The van der Waals surface area contributed by atoms with Crippen molar-refractivity contribution in [1.29, 1.82) is 0 Å². The molecule has 178 valence electrons. The predicted octanol–water partition coefficient (Wildman–Crippen LogP) is 4.15. The minimum absolute atomic E-state index is 0.0179. The van der Waals surface area contributed by atoms with E-state index in [9.17, 15) is 13.2 Å². The molecule has 4 rings (SSSR count). The molecular formula is C22H18BrFN2O7S. The third kappa shape index (κ3) is 4.26. The van der Waals surface area contributed by atoms with Crippen LogP contribution in [-0.4, -0.2) is 40.7 Å². The van der Waals surface area contributed by atoms with Crippen LogP contribution in [0.3, 0.4) is 0 Å². The Hall–Kier alpha value is -3.38. The van der Waals surface area contributed by atoms with E-state index in [0.717, 1.165) is 12.1 Å². The van der Waals surface area contributed by atoms with Crippen molar-refractivity contribution in [3.05, 3.63) is 57.9 Å². The van der Waals surface area contributed by atoms with Gasteiger partial charge < -0.3 is 18.9 Å². The number of aromatic nitrogens is 1. The van der Waals surface area contributed by atoms with Gasteiger partial charge in [0.1, 0.15) is 23.1 Å². The van der Waals surface area contributed by atoms with Gasteiger partial charge in [-0.2, -0.15) is 0 Å². The number of carbonyl (C=O) groups excluding carboxylic acids is 1. The van der Waals surface area contributed by atoms with Gasteiger partial charge in [-0.05, 0) is 39.7 Å². The van der Waals surface area contributed by atoms with Crippen molar-refractivity contribution in [1.82, 2.24) is 4.98 Å². The summed E-state index contributed by atoms with van der Waals surface area (Å²) in [6.45, 7) is -0.259. The molecule has 0 radical (unpaired) electrons. The number of hydrogen-bond acceptors (Lipinski definition) is 8. The van der Waals surface area contributed by atoms with E-state index >= 15 is 4.39 Å². The number of carbonyl (C=O) groups is 1. The van der Waals surface area contributed by atoms with Crippen LogP contribution in [0.2, 0.25) is 0 Å². The van der Waals surface area contributed by atoms with Crippen LogP contribution in [0.15, 0.2) is 45.9 Å². The van der Waals surface area contributed by atoms with Crippen molar-refractivity contribution in [3.63, 3.8) is 0 Å². The highest BCUT2D eigenvalue weighted by Gasteiger charge is 2.28. The van der Waals surface area contributed by atoms with Gasteiger partial charge in [-0.15, -0.1) is 0 Å². The Bertz CT molecular complexity index is 1410. The number of rotatable bonds is 3. The molecule has 34 heavy (non-hydrogen) atoms. The summed E-state index contributed by atoms with van der Waals surface area (Å²) in [7, 11) is -0.362. The molecule has 0 saturated heterocycles. The number of halogens is 2. The highest BCUT2D eigenvalue weighted by atomic mass is 79.9. The smallest absolute Gasteiger partial charge is 0.338 e. The fourth-order valence-electron chi connectivity index (χ4n) is 3.46. The SMILES string of the molecule is COc1cc2c(cn1)COC(=O)c1cc(Br)c(OC)c(c1)S(=O)(=O)Nc1cc-2c(F)cc1OC. The van der Waals surface area contributed by atoms with Crippen molar-refractivity contribution in [2.75, 3.05) is 26.1 Å². The minimum Gasteiger partial charge on any atom is -0.494 e. The molecule has 12 heteroatoms. The van der Waals surface area contributed by atoms with E-state index < -0.39 is 21.8 Å².